The van der Waals surface area contributed by atoms with Gasteiger partial charge in [0.15, 0.2) is 0 Å². The molecule has 0 aliphatic carbocycles. The molecule has 0 aromatic heterocycles. The molecule has 1 saturated heterocycles. The van der Waals surface area contributed by atoms with Crippen LogP contribution in [0.4, 0.5) is 0 Å². The van der Waals surface area contributed by atoms with Crippen LogP contribution in [0.15, 0.2) is 0 Å². The van der Waals surface area contributed by atoms with Crippen LogP contribution in [0.2, 0.25) is 0 Å². The summed E-state index contributed by atoms with van der Waals surface area (Å²) >= 11 is 0. The first kappa shape index (κ1) is 11.5. The number of piperidine rings is 1. The first-order valence-corrected chi connectivity index (χ1v) is 5.26. The number of aliphatic carboxylic acids is 1. The van der Waals surface area contributed by atoms with E-state index in [1.54, 1.807) is 6.92 Å². The van der Waals surface area contributed by atoms with Crippen molar-refractivity contribution in [3.63, 3.8) is 0 Å². The molecule has 14 heavy (non-hydrogen) atoms. The SMILES string of the molecule is CNC1CCCN(CC(C)C(=O)O)C1. The highest BCUT2D eigenvalue weighted by Crippen LogP contribution is 2.11. The van der Waals surface area contributed by atoms with Gasteiger partial charge in [-0.15, -0.1) is 0 Å². The molecular formula is C10H20N2O2. The number of likely N-dealkylation sites (N-methyl/N-ethyl adjacent to an activating group) is 1. The quantitative estimate of drug-likeness (QED) is 0.689. The Bertz CT molecular complexity index is 197. The van der Waals surface area contributed by atoms with Crippen molar-refractivity contribution in [1.82, 2.24) is 10.2 Å². The van der Waals surface area contributed by atoms with Crippen molar-refractivity contribution in [2.24, 2.45) is 5.92 Å². The highest BCUT2D eigenvalue weighted by molar-refractivity contribution is 5.69. The second-order valence-electron chi connectivity index (χ2n) is 4.13. The zero-order valence-electron chi connectivity index (χ0n) is 8.99. The minimum Gasteiger partial charge on any atom is -0.481 e. The van der Waals surface area contributed by atoms with Gasteiger partial charge in [-0.1, -0.05) is 6.92 Å². The number of carboxylic acids is 1. The normalized spacial score (nSPS) is 26.0. The Morgan fingerprint density at radius 2 is 2.43 bits per heavy atom. The Morgan fingerprint density at radius 3 is 3.00 bits per heavy atom. The number of nitrogens with one attached hydrogen (secondary N) is 1. The van der Waals surface area contributed by atoms with E-state index in [2.05, 4.69) is 10.2 Å². The average Bonchev–Trinajstić information content (AvgIpc) is 2.18. The zero-order chi connectivity index (χ0) is 10.6. The lowest BCUT2D eigenvalue weighted by molar-refractivity contribution is -0.141. The molecule has 0 aromatic carbocycles. The molecule has 2 N–H and O–H groups in total. The number of carbonyl (C=O) groups is 1. The van der Waals surface area contributed by atoms with Crippen LogP contribution in [0.5, 0.6) is 0 Å². The maximum atomic E-state index is 10.7. The number of carboxylic acid groups (broad SMARTS) is 1. The Balaban J connectivity index is 2.33. The van der Waals surface area contributed by atoms with Crippen LogP contribution in [0, 0.1) is 5.92 Å². The van der Waals surface area contributed by atoms with E-state index in [0.29, 0.717) is 12.6 Å². The van der Waals surface area contributed by atoms with Crippen molar-refractivity contribution in [3.8, 4) is 0 Å². The van der Waals surface area contributed by atoms with Crippen molar-refractivity contribution in [1.29, 1.82) is 0 Å². The van der Waals surface area contributed by atoms with E-state index in [1.807, 2.05) is 7.05 Å². The molecule has 4 nitrogen and oxygen atoms in total. The Labute approximate surface area is 85.3 Å². The molecule has 4 heteroatoms. The van der Waals surface area contributed by atoms with Gasteiger partial charge in [0.2, 0.25) is 0 Å². The van der Waals surface area contributed by atoms with Crippen LogP contribution in [0.25, 0.3) is 0 Å². The van der Waals surface area contributed by atoms with E-state index in [4.69, 9.17) is 5.11 Å². The van der Waals surface area contributed by atoms with Crippen LogP contribution in [-0.2, 0) is 4.79 Å². The fourth-order valence-electron chi connectivity index (χ4n) is 1.92. The molecular weight excluding hydrogens is 180 g/mol. The molecule has 0 saturated carbocycles. The summed E-state index contributed by atoms with van der Waals surface area (Å²) in [5.74, 6) is -0.956. The number of hydrogen-bond acceptors (Lipinski definition) is 3. The van der Waals surface area contributed by atoms with Crippen LogP contribution in [-0.4, -0.2) is 48.7 Å². The number of nitrogens with zero attached hydrogens (tertiary/aromatic N) is 1. The largest absolute Gasteiger partial charge is 0.481 e. The fraction of sp³-hybridized carbons (Fsp3) is 0.900. The van der Waals surface area contributed by atoms with Gasteiger partial charge in [0, 0.05) is 19.1 Å². The van der Waals surface area contributed by atoms with Gasteiger partial charge in [-0.2, -0.15) is 0 Å². The summed E-state index contributed by atoms with van der Waals surface area (Å²) in [4.78, 5) is 12.9. The van der Waals surface area contributed by atoms with E-state index in [1.165, 1.54) is 6.42 Å². The fourth-order valence-corrected chi connectivity index (χ4v) is 1.92. The molecule has 1 rings (SSSR count). The predicted molar refractivity (Wildman–Crippen MR) is 55.3 cm³/mol. The molecule has 1 fully saturated rings. The summed E-state index contributed by atoms with van der Waals surface area (Å²) < 4.78 is 0. The summed E-state index contributed by atoms with van der Waals surface area (Å²) in [7, 11) is 1.97. The summed E-state index contributed by atoms with van der Waals surface area (Å²) in [5.41, 5.74) is 0. The molecule has 82 valence electrons. The van der Waals surface area contributed by atoms with Gasteiger partial charge in [-0.25, -0.2) is 0 Å². The molecule has 2 unspecified atom stereocenters. The lowest BCUT2D eigenvalue weighted by atomic mass is 10.0. The average molecular weight is 200 g/mol. The topological polar surface area (TPSA) is 52.6 Å². The third kappa shape index (κ3) is 3.27. The smallest absolute Gasteiger partial charge is 0.307 e. The molecule has 0 bridgehead atoms. The molecule has 2 atom stereocenters. The molecule has 1 aliphatic heterocycles. The van der Waals surface area contributed by atoms with Gasteiger partial charge in [0.25, 0.3) is 0 Å². The van der Waals surface area contributed by atoms with Crippen LogP contribution in [0.3, 0.4) is 0 Å². The highest BCUT2D eigenvalue weighted by Gasteiger charge is 2.21. The zero-order valence-corrected chi connectivity index (χ0v) is 8.99. The lowest BCUT2D eigenvalue weighted by Gasteiger charge is -2.33. The first-order chi connectivity index (χ1) is 6.63. The third-order valence-corrected chi connectivity index (χ3v) is 2.87. The molecule has 0 amide bonds. The van der Waals surface area contributed by atoms with E-state index in [-0.39, 0.29) is 5.92 Å². The molecule has 0 aromatic rings. The first-order valence-electron chi connectivity index (χ1n) is 5.26. The predicted octanol–water partition coefficient (Wildman–Crippen LogP) is 0.391. The minimum absolute atomic E-state index is 0.259. The molecule has 1 heterocycles. The summed E-state index contributed by atoms with van der Waals surface area (Å²) in [6, 6.07) is 0.532. The van der Waals surface area contributed by atoms with E-state index >= 15 is 0 Å². The standard InChI is InChI=1S/C10H20N2O2/c1-8(10(13)14)6-12-5-3-4-9(7-12)11-2/h8-9,11H,3-7H2,1-2H3,(H,13,14). The number of likely N-dealkylation sites (tertiary alicyclic amines) is 1. The molecule has 0 spiro atoms. The second-order valence-corrected chi connectivity index (χ2v) is 4.13. The molecule has 1 aliphatic rings. The second kappa shape index (κ2) is 5.32. The maximum absolute atomic E-state index is 10.7. The highest BCUT2D eigenvalue weighted by atomic mass is 16.4. The molecule has 0 radical (unpaired) electrons. The van der Waals surface area contributed by atoms with E-state index < -0.39 is 5.97 Å². The van der Waals surface area contributed by atoms with Crippen LogP contribution in [0.1, 0.15) is 19.8 Å². The van der Waals surface area contributed by atoms with Crippen molar-refractivity contribution in [2.75, 3.05) is 26.7 Å². The number of rotatable bonds is 4. The van der Waals surface area contributed by atoms with Gasteiger partial charge in [0.05, 0.1) is 5.92 Å². The van der Waals surface area contributed by atoms with Gasteiger partial charge in [-0.3, -0.25) is 4.79 Å². The Morgan fingerprint density at radius 1 is 1.71 bits per heavy atom. The van der Waals surface area contributed by atoms with Crippen molar-refractivity contribution < 1.29 is 9.90 Å². The van der Waals surface area contributed by atoms with Crippen LogP contribution < -0.4 is 5.32 Å². The minimum atomic E-state index is -0.698. The number of hydrogen-bond donors (Lipinski definition) is 2. The summed E-state index contributed by atoms with van der Waals surface area (Å²) in [5, 5.41) is 12.0. The van der Waals surface area contributed by atoms with Gasteiger partial charge >= 0.3 is 5.97 Å². The van der Waals surface area contributed by atoms with Gasteiger partial charge in [-0.05, 0) is 26.4 Å². The van der Waals surface area contributed by atoms with Crippen molar-refractivity contribution in [3.05, 3.63) is 0 Å². The van der Waals surface area contributed by atoms with E-state index in [9.17, 15) is 4.79 Å². The monoisotopic (exact) mass is 200 g/mol. The van der Waals surface area contributed by atoms with E-state index in [0.717, 1.165) is 19.5 Å². The third-order valence-electron chi connectivity index (χ3n) is 2.87. The van der Waals surface area contributed by atoms with Gasteiger partial charge < -0.3 is 15.3 Å². The Kier molecular flexibility index (Phi) is 4.35. The van der Waals surface area contributed by atoms with Crippen LogP contribution >= 0.6 is 0 Å². The van der Waals surface area contributed by atoms with Crippen molar-refractivity contribution in [2.45, 2.75) is 25.8 Å². The summed E-state index contributed by atoms with van der Waals surface area (Å²) in [6.07, 6.45) is 2.37. The lowest BCUT2D eigenvalue weighted by Crippen LogP contribution is -2.46. The summed E-state index contributed by atoms with van der Waals surface area (Å²) in [6.45, 7) is 4.46. The van der Waals surface area contributed by atoms with Gasteiger partial charge in [0.1, 0.15) is 0 Å². The van der Waals surface area contributed by atoms with Crippen molar-refractivity contribution >= 4 is 5.97 Å². The maximum Gasteiger partial charge on any atom is 0.307 e. The Hall–Kier alpha value is -0.610.